The zero-order valence-electron chi connectivity index (χ0n) is 11.9. The van der Waals surface area contributed by atoms with Crippen LogP contribution >= 0.6 is 35.6 Å². The third kappa shape index (κ3) is 4.92. The van der Waals surface area contributed by atoms with Crippen molar-refractivity contribution in [2.75, 3.05) is 11.6 Å². The summed E-state index contributed by atoms with van der Waals surface area (Å²) >= 11 is 13.0. The third-order valence-corrected chi connectivity index (χ3v) is 4.27. The lowest BCUT2D eigenvalue weighted by Crippen LogP contribution is -2.28. The number of thiocarbonyl (C=S) groups is 1. The molecule has 0 aliphatic heterocycles. The molecule has 21 heavy (non-hydrogen) atoms. The molecule has 0 saturated heterocycles. The van der Waals surface area contributed by atoms with Crippen LogP contribution in [0.25, 0.3) is 0 Å². The minimum absolute atomic E-state index is 0.606. The second-order valence-electron chi connectivity index (χ2n) is 4.61. The smallest absolute Gasteiger partial charge is 0.171 e. The van der Waals surface area contributed by atoms with E-state index in [0.29, 0.717) is 11.7 Å². The van der Waals surface area contributed by atoms with Gasteiger partial charge in [-0.15, -0.1) is 11.8 Å². The average Bonchev–Trinajstić information content (AvgIpc) is 2.48. The van der Waals surface area contributed by atoms with Crippen molar-refractivity contribution < 1.29 is 0 Å². The Morgan fingerprint density at radius 3 is 2.52 bits per heavy atom. The molecule has 0 fully saturated rings. The Bertz CT molecular complexity index is 627. The largest absolute Gasteiger partial charge is 0.358 e. The van der Waals surface area contributed by atoms with Crippen LogP contribution in [0, 0.1) is 6.92 Å². The van der Waals surface area contributed by atoms with Crippen molar-refractivity contribution in [2.24, 2.45) is 0 Å². The molecule has 2 N–H and O–H groups in total. The van der Waals surface area contributed by atoms with Crippen LogP contribution in [0.3, 0.4) is 0 Å². The maximum Gasteiger partial charge on any atom is 0.171 e. The summed E-state index contributed by atoms with van der Waals surface area (Å²) < 4.78 is 0. The first-order valence-electron chi connectivity index (χ1n) is 6.52. The molecule has 0 aromatic heterocycles. The van der Waals surface area contributed by atoms with Crippen LogP contribution in [0.5, 0.6) is 0 Å². The highest BCUT2D eigenvalue weighted by Crippen LogP contribution is 2.19. The minimum Gasteiger partial charge on any atom is -0.358 e. The highest BCUT2D eigenvalue weighted by atomic mass is 35.5. The molecule has 0 heterocycles. The van der Waals surface area contributed by atoms with Crippen molar-refractivity contribution in [3.05, 3.63) is 58.6 Å². The van der Waals surface area contributed by atoms with Crippen molar-refractivity contribution >= 4 is 46.4 Å². The molecule has 2 rings (SSSR count). The van der Waals surface area contributed by atoms with E-state index in [0.717, 1.165) is 16.3 Å². The molecule has 5 heteroatoms. The lowest BCUT2D eigenvalue weighted by Gasteiger charge is -2.13. The van der Waals surface area contributed by atoms with E-state index in [4.69, 9.17) is 23.8 Å². The second kappa shape index (κ2) is 7.69. The molecule has 0 atom stereocenters. The fourth-order valence-corrected chi connectivity index (χ4v) is 2.68. The molecule has 0 spiro atoms. The summed E-state index contributed by atoms with van der Waals surface area (Å²) in [5.74, 6) is 0. The van der Waals surface area contributed by atoms with E-state index in [2.05, 4.69) is 41.2 Å². The number of aryl methyl sites for hydroxylation is 1. The first kappa shape index (κ1) is 16.1. The van der Waals surface area contributed by atoms with Crippen LogP contribution in [-0.4, -0.2) is 11.4 Å². The Labute approximate surface area is 140 Å². The molecular formula is C16H17ClN2S2. The van der Waals surface area contributed by atoms with E-state index >= 15 is 0 Å². The zero-order chi connectivity index (χ0) is 15.2. The van der Waals surface area contributed by atoms with Crippen LogP contribution in [0.2, 0.25) is 5.02 Å². The molecule has 110 valence electrons. The number of nitrogens with one attached hydrogen (secondary N) is 2. The lowest BCUT2D eigenvalue weighted by atomic mass is 10.2. The Morgan fingerprint density at radius 2 is 1.90 bits per heavy atom. The second-order valence-corrected chi connectivity index (χ2v) is 6.34. The van der Waals surface area contributed by atoms with Gasteiger partial charge in [-0.2, -0.15) is 0 Å². The third-order valence-electron chi connectivity index (χ3n) is 3.05. The van der Waals surface area contributed by atoms with Gasteiger partial charge in [0.15, 0.2) is 5.11 Å². The number of anilines is 1. The maximum atomic E-state index is 5.94. The topological polar surface area (TPSA) is 24.1 Å². The van der Waals surface area contributed by atoms with Crippen molar-refractivity contribution in [1.29, 1.82) is 0 Å². The number of benzene rings is 2. The number of rotatable bonds is 4. The van der Waals surface area contributed by atoms with Gasteiger partial charge in [0, 0.05) is 22.2 Å². The van der Waals surface area contributed by atoms with E-state index in [1.807, 2.05) is 25.1 Å². The SMILES string of the molecule is CSc1ccc(CNC(=S)Nc2ccc(Cl)cc2C)cc1. The molecule has 0 aliphatic carbocycles. The summed E-state index contributed by atoms with van der Waals surface area (Å²) in [6, 6.07) is 14.1. The van der Waals surface area contributed by atoms with Gasteiger partial charge in [-0.1, -0.05) is 23.7 Å². The molecule has 0 unspecified atom stereocenters. The summed E-state index contributed by atoms with van der Waals surface area (Å²) in [6.45, 7) is 2.70. The van der Waals surface area contributed by atoms with Crippen molar-refractivity contribution in [3.8, 4) is 0 Å². The maximum absolute atomic E-state index is 5.94. The molecule has 0 saturated carbocycles. The van der Waals surface area contributed by atoms with Crippen LogP contribution in [-0.2, 0) is 6.54 Å². The van der Waals surface area contributed by atoms with Gasteiger partial charge < -0.3 is 10.6 Å². The summed E-state index contributed by atoms with van der Waals surface area (Å²) in [6.07, 6.45) is 2.07. The Morgan fingerprint density at radius 1 is 1.19 bits per heavy atom. The number of hydrogen-bond acceptors (Lipinski definition) is 2. The van der Waals surface area contributed by atoms with Gasteiger partial charge >= 0.3 is 0 Å². The molecule has 0 bridgehead atoms. The van der Waals surface area contributed by atoms with Crippen molar-refractivity contribution in [1.82, 2.24) is 5.32 Å². The molecule has 2 aromatic carbocycles. The Hall–Kier alpha value is -1.23. The summed E-state index contributed by atoms with van der Waals surface area (Å²) in [4.78, 5) is 1.26. The van der Waals surface area contributed by atoms with Gasteiger partial charge in [-0.3, -0.25) is 0 Å². The number of hydrogen-bond donors (Lipinski definition) is 2. The minimum atomic E-state index is 0.606. The van der Waals surface area contributed by atoms with Crippen LogP contribution in [0.4, 0.5) is 5.69 Å². The van der Waals surface area contributed by atoms with E-state index < -0.39 is 0 Å². The molecule has 0 aliphatic rings. The number of thioether (sulfide) groups is 1. The summed E-state index contributed by atoms with van der Waals surface area (Å²) in [7, 11) is 0. The zero-order valence-corrected chi connectivity index (χ0v) is 14.3. The molecule has 2 aromatic rings. The van der Waals surface area contributed by atoms with Crippen LogP contribution in [0.1, 0.15) is 11.1 Å². The first-order valence-corrected chi connectivity index (χ1v) is 8.53. The van der Waals surface area contributed by atoms with Gasteiger partial charge in [-0.05, 0) is 66.9 Å². The standard InChI is InChI=1S/C16H17ClN2S2/c1-11-9-13(17)5-8-15(11)19-16(20)18-10-12-3-6-14(21-2)7-4-12/h3-9H,10H2,1-2H3,(H2,18,19,20). The predicted octanol–water partition coefficient (Wildman–Crippen LogP) is 4.86. The predicted molar refractivity (Wildman–Crippen MR) is 97.5 cm³/mol. The summed E-state index contributed by atoms with van der Waals surface area (Å²) in [5, 5.41) is 7.73. The van der Waals surface area contributed by atoms with Crippen LogP contribution in [0.15, 0.2) is 47.4 Å². The van der Waals surface area contributed by atoms with Crippen LogP contribution < -0.4 is 10.6 Å². The average molecular weight is 337 g/mol. The van der Waals surface area contributed by atoms with E-state index in [1.54, 1.807) is 11.8 Å². The van der Waals surface area contributed by atoms with Gasteiger partial charge in [0.1, 0.15) is 0 Å². The van der Waals surface area contributed by atoms with Gasteiger partial charge in [0.05, 0.1) is 0 Å². The monoisotopic (exact) mass is 336 g/mol. The fourth-order valence-electron chi connectivity index (χ4n) is 1.86. The lowest BCUT2D eigenvalue weighted by molar-refractivity contribution is 0.923. The first-order chi connectivity index (χ1) is 10.1. The molecular weight excluding hydrogens is 320 g/mol. The molecule has 0 radical (unpaired) electrons. The van der Waals surface area contributed by atoms with E-state index in [1.165, 1.54) is 10.5 Å². The van der Waals surface area contributed by atoms with Gasteiger partial charge in [0.25, 0.3) is 0 Å². The highest BCUT2D eigenvalue weighted by molar-refractivity contribution is 7.98. The van der Waals surface area contributed by atoms with E-state index in [-0.39, 0.29) is 0 Å². The summed E-state index contributed by atoms with van der Waals surface area (Å²) in [5.41, 5.74) is 3.23. The highest BCUT2D eigenvalue weighted by Gasteiger charge is 2.02. The fraction of sp³-hybridized carbons (Fsp3) is 0.188. The Kier molecular flexibility index (Phi) is 5.91. The van der Waals surface area contributed by atoms with Gasteiger partial charge in [-0.25, -0.2) is 0 Å². The normalized spacial score (nSPS) is 10.2. The molecule has 2 nitrogen and oxygen atoms in total. The molecule has 0 amide bonds. The van der Waals surface area contributed by atoms with Crippen molar-refractivity contribution in [3.63, 3.8) is 0 Å². The van der Waals surface area contributed by atoms with Gasteiger partial charge in [0.2, 0.25) is 0 Å². The van der Waals surface area contributed by atoms with E-state index in [9.17, 15) is 0 Å². The van der Waals surface area contributed by atoms with Crippen molar-refractivity contribution in [2.45, 2.75) is 18.4 Å². The Balaban J connectivity index is 1.89. The quantitative estimate of drug-likeness (QED) is 0.615. The number of halogens is 1.